The molecule has 3 amide bonds. The predicted octanol–water partition coefficient (Wildman–Crippen LogP) is 4.78. The number of nitrogens with one attached hydrogen (secondary N) is 2. The number of rotatable bonds is 6. The lowest BCUT2D eigenvalue weighted by molar-refractivity contribution is 0.0343. The van der Waals surface area contributed by atoms with Crippen LogP contribution >= 0.6 is 0 Å². The highest BCUT2D eigenvalue weighted by Gasteiger charge is 2.50. The molecule has 2 aliphatic rings. The van der Waals surface area contributed by atoms with E-state index in [9.17, 15) is 9.59 Å². The van der Waals surface area contributed by atoms with Crippen LogP contribution in [0.3, 0.4) is 0 Å². The highest BCUT2D eigenvalue weighted by atomic mass is 16.5. The van der Waals surface area contributed by atoms with Crippen molar-refractivity contribution in [3.63, 3.8) is 0 Å². The molecule has 2 aliphatic heterocycles. The van der Waals surface area contributed by atoms with Gasteiger partial charge in [-0.25, -0.2) is 4.79 Å². The van der Waals surface area contributed by atoms with E-state index in [0.717, 1.165) is 11.1 Å². The number of urea groups is 1. The third-order valence-corrected chi connectivity index (χ3v) is 6.23. The first kappa shape index (κ1) is 21.8. The smallest absolute Gasteiger partial charge is 0.325 e. The second-order valence-electron chi connectivity index (χ2n) is 8.64. The molecule has 0 aliphatic carbocycles. The highest BCUT2D eigenvalue weighted by molar-refractivity contribution is 5.99. The fraction of sp³-hybridized carbons (Fsp3) is 0.259. The average molecular weight is 458 g/mol. The van der Waals surface area contributed by atoms with Crippen LogP contribution in [0.15, 0.2) is 72.8 Å². The number of hydrogen-bond donors (Lipinski definition) is 2. The van der Waals surface area contributed by atoms with Gasteiger partial charge >= 0.3 is 6.03 Å². The van der Waals surface area contributed by atoms with E-state index in [2.05, 4.69) is 10.6 Å². The van der Waals surface area contributed by atoms with Crippen LogP contribution < -0.4 is 25.0 Å². The molecule has 2 bridgehead atoms. The fourth-order valence-corrected chi connectivity index (χ4v) is 4.69. The molecule has 1 saturated heterocycles. The molecule has 0 spiro atoms. The first-order valence-electron chi connectivity index (χ1n) is 11.5. The SMILES string of the molecule is CCOc1cccc2c1O[C@@]1(C)C[C@H]2NC(=O)N1c1cccc(C(=O)NCc2ccccc2)c1. The van der Waals surface area contributed by atoms with Crippen LogP contribution in [0.2, 0.25) is 0 Å². The standard InChI is InChI=1S/C27H27N3O4/c1-3-33-23-14-8-13-21-22-16-27(2,34-24(21)23)30(26(32)29-22)20-12-7-11-19(15-20)25(31)28-17-18-9-5-4-6-10-18/h4-15,22H,3,16-17H2,1-2H3,(H,28,31)(H,29,32)/t22-,27+/m1/s1. The minimum Gasteiger partial charge on any atom is -0.490 e. The van der Waals surface area contributed by atoms with E-state index in [4.69, 9.17) is 9.47 Å². The third-order valence-electron chi connectivity index (χ3n) is 6.23. The second kappa shape index (κ2) is 8.74. The predicted molar refractivity (Wildman–Crippen MR) is 129 cm³/mol. The number of carbonyl (C=O) groups is 2. The zero-order chi connectivity index (χ0) is 23.7. The van der Waals surface area contributed by atoms with Crippen LogP contribution in [0, 0.1) is 0 Å². The van der Waals surface area contributed by atoms with Crippen molar-refractivity contribution in [2.45, 2.75) is 38.6 Å². The van der Waals surface area contributed by atoms with Gasteiger partial charge in [0.1, 0.15) is 0 Å². The Balaban J connectivity index is 1.42. The van der Waals surface area contributed by atoms with Gasteiger partial charge in [-0.05, 0) is 43.7 Å². The van der Waals surface area contributed by atoms with Crippen molar-refractivity contribution in [3.8, 4) is 11.5 Å². The Bertz CT molecular complexity index is 1230. The monoisotopic (exact) mass is 457 g/mol. The summed E-state index contributed by atoms with van der Waals surface area (Å²) in [7, 11) is 0. The van der Waals surface area contributed by atoms with E-state index < -0.39 is 5.72 Å². The number of carbonyl (C=O) groups excluding carboxylic acids is 2. The Morgan fingerprint density at radius 1 is 1.15 bits per heavy atom. The number of nitrogens with zero attached hydrogens (tertiary/aromatic N) is 1. The largest absolute Gasteiger partial charge is 0.490 e. The summed E-state index contributed by atoms with van der Waals surface area (Å²) in [5.41, 5.74) is 2.04. The number of anilines is 1. The molecule has 2 heterocycles. The summed E-state index contributed by atoms with van der Waals surface area (Å²) in [5.74, 6) is 1.09. The summed E-state index contributed by atoms with van der Waals surface area (Å²) in [6.07, 6.45) is 0.561. The van der Waals surface area contributed by atoms with Crippen LogP contribution in [0.25, 0.3) is 0 Å². The summed E-state index contributed by atoms with van der Waals surface area (Å²) < 4.78 is 12.2. The summed E-state index contributed by atoms with van der Waals surface area (Å²) in [5, 5.41) is 6.03. The Hall–Kier alpha value is -4.00. The summed E-state index contributed by atoms with van der Waals surface area (Å²) >= 11 is 0. The van der Waals surface area contributed by atoms with Gasteiger partial charge < -0.3 is 20.1 Å². The number of ether oxygens (including phenoxy) is 2. The molecule has 0 aromatic heterocycles. The van der Waals surface area contributed by atoms with Crippen LogP contribution in [-0.4, -0.2) is 24.3 Å². The molecule has 3 aromatic rings. The summed E-state index contributed by atoms with van der Waals surface area (Å²) in [4.78, 5) is 27.6. The second-order valence-corrected chi connectivity index (χ2v) is 8.64. The molecule has 7 heteroatoms. The van der Waals surface area contributed by atoms with E-state index in [-0.39, 0.29) is 18.0 Å². The van der Waals surface area contributed by atoms with Gasteiger partial charge in [0.2, 0.25) is 0 Å². The lowest BCUT2D eigenvalue weighted by Crippen LogP contribution is -2.65. The normalized spacial score (nSPS) is 20.6. The Kier molecular flexibility index (Phi) is 5.61. The van der Waals surface area contributed by atoms with E-state index in [1.54, 1.807) is 23.1 Å². The van der Waals surface area contributed by atoms with E-state index in [1.807, 2.05) is 68.4 Å². The van der Waals surface area contributed by atoms with Gasteiger partial charge in [-0.3, -0.25) is 9.69 Å². The lowest BCUT2D eigenvalue weighted by atomic mass is 9.89. The van der Waals surface area contributed by atoms with Crippen molar-refractivity contribution in [1.82, 2.24) is 10.6 Å². The molecule has 0 radical (unpaired) electrons. The minimum atomic E-state index is -0.938. The van der Waals surface area contributed by atoms with Crippen LogP contribution in [0.5, 0.6) is 11.5 Å². The summed E-state index contributed by atoms with van der Waals surface area (Å²) in [6.45, 7) is 4.75. The van der Waals surface area contributed by atoms with Crippen molar-refractivity contribution in [2.24, 2.45) is 0 Å². The maximum Gasteiger partial charge on any atom is 0.325 e. The Morgan fingerprint density at radius 3 is 2.74 bits per heavy atom. The number of benzene rings is 3. The number of hydrogen-bond acceptors (Lipinski definition) is 4. The lowest BCUT2D eigenvalue weighted by Gasteiger charge is -2.50. The van der Waals surface area contributed by atoms with Gasteiger partial charge in [-0.1, -0.05) is 48.5 Å². The molecule has 174 valence electrons. The van der Waals surface area contributed by atoms with Gasteiger partial charge in [0, 0.05) is 24.1 Å². The maximum absolute atomic E-state index is 13.2. The average Bonchev–Trinajstić information content (AvgIpc) is 2.83. The molecule has 0 saturated carbocycles. The number of fused-ring (bicyclic) bond motifs is 4. The Labute approximate surface area is 198 Å². The van der Waals surface area contributed by atoms with Crippen molar-refractivity contribution < 1.29 is 19.1 Å². The number of amides is 3. The third kappa shape index (κ3) is 3.94. The summed E-state index contributed by atoms with van der Waals surface area (Å²) in [6, 6.07) is 22.1. The van der Waals surface area contributed by atoms with Gasteiger partial charge in [0.15, 0.2) is 17.2 Å². The van der Waals surface area contributed by atoms with Crippen molar-refractivity contribution in [3.05, 3.63) is 89.5 Å². The molecule has 3 aromatic carbocycles. The van der Waals surface area contributed by atoms with E-state index in [0.29, 0.717) is 42.3 Å². The van der Waals surface area contributed by atoms with Crippen LogP contribution in [-0.2, 0) is 6.54 Å². The molecule has 7 nitrogen and oxygen atoms in total. The van der Waals surface area contributed by atoms with Crippen molar-refractivity contribution >= 4 is 17.6 Å². The van der Waals surface area contributed by atoms with Crippen molar-refractivity contribution in [2.75, 3.05) is 11.5 Å². The van der Waals surface area contributed by atoms with Gasteiger partial charge in [-0.15, -0.1) is 0 Å². The Morgan fingerprint density at radius 2 is 1.94 bits per heavy atom. The molecule has 34 heavy (non-hydrogen) atoms. The molecular weight excluding hydrogens is 430 g/mol. The quantitative estimate of drug-likeness (QED) is 0.558. The van der Waals surface area contributed by atoms with Gasteiger partial charge in [0.05, 0.1) is 18.3 Å². The molecule has 0 unspecified atom stereocenters. The molecule has 1 fully saturated rings. The zero-order valence-corrected chi connectivity index (χ0v) is 19.2. The first-order valence-corrected chi connectivity index (χ1v) is 11.5. The van der Waals surface area contributed by atoms with E-state index in [1.165, 1.54) is 0 Å². The first-order chi connectivity index (χ1) is 16.5. The number of para-hydroxylation sites is 1. The van der Waals surface area contributed by atoms with Crippen LogP contribution in [0.4, 0.5) is 10.5 Å². The minimum absolute atomic E-state index is 0.185. The van der Waals surface area contributed by atoms with Crippen molar-refractivity contribution in [1.29, 1.82) is 0 Å². The van der Waals surface area contributed by atoms with Gasteiger partial charge in [-0.2, -0.15) is 0 Å². The molecular formula is C27H27N3O4. The van der Waals surface area contributed by atoms with E-state index >= 15 is 0 Å². The van der Waals surface area contributed by atoms with Crippen LogP contribution in [0.1, 0.15) is 47.8 Å². The highest BCUT2D eigenvalue weighted by Crippen LogP contribution is 2.49. The molecule has 2 atom stereocenters. The maximum atomic E-state index is 13.2. The molecule has 5 rings (SSSR count). The topological polar surface area (TPSA) is 79.9 Å². The van der Waals surface area contributed by atoms with Gasteiger partial charge in [0.25, 0.3) is 5.91 Å². The fourth-order valence-electron chi connectivity index (χ4n) is 4.69. The zero-order valence-electron chi connectivity index (χ0n) is 19.2. The molecule has 2 N–H and O–H groups in total.